The molecule has 0 aliphatic heterocycles. The lowest BCUT2D eigenvalue weighted by molar-refractivity contribution is -0.660. The number of hydrogen-bond acceptors (Lipinski definition) is 1. The van der Waals surface area contributed by atoms with Gasteiger partial charge >= 0.3 is 0 Å². The van der Waals surface area contributed by atoms with Gasteiger partial charge in [-0.05, 0) is 52.8 Å². The van der Waals surface area contributed by atoms with Crippen LogP contribution in [0.1, 0.15) is 57.2 Å². The van der Waals surface area contributed by atoms with Crippen LogP contribution >= 0.6 is 0 Å². The number of hydrogen-bond donors (Lipinski definition) is 0. The molecule has 2 nitrogen and oxygen atoms in total. The number of furan rings is 1. The van der Waals surface area contributed by atoms with Crippen molar-refractivity contribution in [2.24, 2.45) is 7.05 Å². The molecule has 35 heavy (non-hydrogen) atoms. The normalized spacial score (nSPS) is 16.5. The minimum absolute atomic E-state index is 0.0886. The van der Waals surface area contributed by atoms with Crippen molar-refractivity contribution in [1.29, 1.82) is 0 Å². The minimum atomic E-state index is 0.0886. The minimum Gasteiger partial charge on any atom is -0.455 e. The largest absolute Gasteiger partial charge is 0.455 e. The van der Waals surface area contributed by atoms with Crippen LogP contribution in [0.15, 0.2) is 77.3 Å². The number of aryl methyl sites for hydroxylation is 2. The predicted octanol–water partition coefficient (Wildman–Crippen LogP) is 8.40. The molecule has 1 aliphatic rings. The Morgan fingerprint density at radius 2 is 1.43 bits per heavy atom. The Kier molecular flexibility index (Phi) is 4.77. The van der Waals surface area contributed by atoms with Gasteiger partial charge in [-0.15, -0.1) is 0 Å². The third-order valence-electron chi connectivity index (χ3n) is 8.31. The van der Waals surface area contributed by atoms with Crippen molar-refractivity contribution < 1.29 is 8.98 Å². The van der Waals surface area contributed by atoms with Crippen LogP contribution < -0.4 is 4.57 Å². The fraction of sp³-hybridized carbons (Fsp3) is 0.303. The number of aromatic nitrogens is 1. The maximum atomic E-state index is 6.93. The van der Waals surface area contributed by atoms with Gasteiger partial charge in [-0.2, -0.15) is 0 Å². The van der Waals surface area contributed by atoms with Crippen LogP contribution in [0.2, 0.25) is 0 Å². The highest BCUT2D eigenvalue weighted by Crippen LogP contribution is 2.50. The molecule has 0 fully saturated rings. The van der Waals surface area contributed by atoms with E-state index >= 15 is 0 Å². The van der Waals surface area contributed by atoms with E-state index in [1.54, 1.807) is 0 Å². The van der Waals surface area contributed by atoms with E-state index < -0.39 is 0 Å². The zero-order valence-corrected chi connectivity index (χ0v) is 21.7. The molecule has 2 heterocycles. The van der Waals surface area contributed by atoms with E-state index in [-0.39, 0.29) is 10.8 Å². The maximum absolute atomic E-state index is 6.93. The number of nitrogens with zero attached hydrogens (tertiary/aromatic N) is 1. The van der Waals surface area contributed by atoms with Crippen molar-refractivity contribution in [3.8, 4) is 22.4 Å². The molecule has 0 amide bonds. The quantitative estimate of drug-likeness (QED) is 0.242. The zero-order chi connectivity index (χ0) is 24.5. The fourth-order valence-corrected chi connectivity index (χ4v) is 6.07. The second-order valence-electron chi connectivity index (χ2n) is 11.6. The molecule has 0 N–H and O–H groups in total. The monoisotopic (exact) mass is 460 g/mol. The molecule has 1 aliphatic carbocycles. The summed E-state index contributed by atoms with van der Waals surface area (Å²) in [5, 5.41) is 2.43. The summed E-state index contributed by atoms with van der Waals surface area (Å²) in [4.78, 5) is 0. The van der Waals surface area contributed by atoms with E-state index in [9.17, 15) is 0 Å². The molecule has 0 saturated heterocycles. The number of rotatable bonds is 2. The van der Waals surface area contributed by atoms with Gasteiger partial charge in [-0.3, -0.25) is 0 Å². The number of pyridine rings is 1. The van der Waals surface area contributed by atoms with Gasteiger partial charge in [0.2, 0.25) is 5.69 Å². The summed E-state index contributed by atoms with van der Waals surface area (Å²) < 4.78 is 9.15. The molecular weight excluding hydrogens is 426 g/mol. The highest BCUT2D eigenvalue weighted by atomic mass is 16.3. The predicted molar refractivity (Wildman–Crippen MR) is 146 cm³/mol. The van der Waals surface area contributed by atoms with Crippen LogP contribution in [-0.4, -0.2) is 0 Å². The van der Waals surface area contributed by atoms with E-state index in [1.165, 1.54) is 62.7 Å². The van der Waals surface area contributed by atoms with Crippen molar-refractivity contribution in [3.05, 3.63) is 89.6 Å². The highest BCUT2D eigenvalue weighted by Gasteiger charge is 2.39. The lowest BCUT2D eigenvalue weighted by Gasteiger charge is -2.41. The first kappa shape index (κ1) is 22.1. The molecular formula is C33H34NO+. The number of fused-ring (bicyclic) bond motifs is 5. The van der Waals surface area contributed by atoms with Crippen LogP contribution in [0, 0.1) is 6.92 Å². The van der Waals surface area contributed by atoms with Crippen LogP contribution in [0.4, 0.5) is 0 Å². The van der Waals surface area contributed by atoms with Crippen molar-refractivity contribution in [2.45, 2.75) is 58.3 Å². The maximum Gasteiger partial charge on any atom is 0.216 e. The molecule has 0 bridgehead atoms. The van der Waals surface area contributed by atoms with Gasteiger partial charge < -0.3 is 4.42 Å². The summed E-state index contributed by atoms with van der Waals surface area (Å²) >= 11 is 0. The molecule has 6 rings (SSSR count). The second kappa shape index (κ2) is 7.55. The van der Waals surface area contributed by atoms with Gasteiger partial charge in [-0.1, -0.05) is 82.3 Å². The van der Waals surface area contributed by atoms with Crippen molar-refractivity contribution >= 4 is 21.9 Å². The van der Waals surface area contributed by atoms with Gasteiger partial charge in [0.25, 0.3) is 0 Å². The van der Waals surface area contributed by atoms with E-state index in [0.717, 1.165) is 11.2 Å². The molecule has 0 atom stereocenters. The Hall–Kier alpha value is -3.39. The molecule has 0 spiro atoms. The van der Waals surface area contributed by atoms with Gasteiger partial charge in [0.15, 0.2) is 6.20 Å². The van der Waals surface area contributed by atoms with E-state index in [1.807, 2.05) is 0 Å². The Labute approximate surface area is 208 Å². The van der Waals surface area contributed by atoms with Crippen LogP contribution in [0.3, 0.4) is 0 Å². The standard InChI is InChI=1S/C33H34NO/c1-21-12-13-24-25-14-15-26-29(33(4,5)18-17-32(26,2)3)31(25)35-30(24)28(21)27-20-23(16-19-34(27)6)22-10-8-7-9-11-22/h7-16,19-20H,17-18H2,1-6H3/q+1. The summed E-state index contributed by atoms with van der Waals surface area (Å²) in [7, 11) is 2.12. The molecule has 5 aromatic rings. The van der Waals surface area contributed by atoms with Gasteiger partial charge in [0.05, 0.1) is 5.56 Å². The highest BCUT2D eigenvalue weighted by molar-refractivity contribution is 6.11. The Morgan fingerprint density at radius 3 is 2.20 bits per heavy atom. The summed E-state index contributed by atoms with van der Waals surface area (Å²) in [5.74, 6) is 0. The van der Waals surface area contributed by atoms with E-state index in [0.29, 0.717) is 0 Å². The SMILES string of the molecule is Cc1ccc2c(oc3c4c(ccc32)C(C)(C)CCC4(C)C)c1-c1cc(-c2ccccc2)cc[n+]1C. The smallest absolute Gasteiger partial charge is 0.216 e. The third-order valence-corrected chi connectivity index (χ3v) is 8.31. The van der Waals surface area contributed by atoms with Gasteiger partial charge in [0, 0.05) is 28.5 Å². The summed E-state index contributed by atoms with van der Waals surface area (Å²) in [6.07, 6.45) is 4.53. The number of benzene rings is 3. The molecule has 2 aromatic heterocycles. The Balaban J connectivity index is 1.67. The fourth-order valence-electron chi connectivity index (χ4n) is 6.07. The van der Waals surface area contributed by atoms with Gasteiger partial charge in [-0.25, -0.2) is 4.57 Å². The van der Waals surface area contributed by atoms with Crippen LogP contribution in [0.5, 0.6) is 0 Å². The molecule has 0 radical (unpaired) electrons. The summed E-state index contributed by atoms with van der Waals surface area (Å²) in [6.45, 7) is 11.7. The van der Waals surface area contributed by atoms with Crippen LogP contribution in [-0.2, 0) is 17.9 Å². The van der Waals surface area contributed by atoms with E-state index in [2.05, 4.69) is 119 Å². The first-order chi connectivity index (χ1) is 16.7. The third kappa shape index (κ3) is 3.34. The van der Waals surface area contributed by atoms with Crippen molar-refractivity contribution in [3.63, 3.8) is 0 Å². The summed E-state index contributed by atoms with van der Waals surface area (Å²) in [6, 6.07) is 24.2. The lowest BCUT2D eigenvalue weighted by atomic mass is 9.63. The molecule has 2 heteroatoms. The van der Waals surface area contributed by atoms with Gasteiger partial charge in [0.1, 0.15) is 18.2 Å². The molecule has 0 unspecified atom stereocenters. The van der Waals surface area contributed by atoms with Crippen molar-refractivity contribution in [1.82, 2.24) is 0 Å². The molecule has 3 aromatic carbocycles. The van der Waals surface area contributed by atoms with E-state index in [4.69, 9.17) is 4.42 Å². The lowest BCUT2D eigenvalue weighted by Crippen LogP contribution is -2.33. The molecule has 176 valence electrons. The Morgan fingerprint density at radius 1 is 0.743 bits per heavy atom. The second-order valence-corrected chi connectivity index (χ2v) is 11.6. The molecule has 0 saturated carbocycles. The van der Waals surface area contributed by atoms with Crippen LogP contribution in [0.25, 0.3) is 44.3 Å². The van der Waals surface area contributed by atoms with Crippen molar-refractivity contribution in [2.75, 3.05) is 0 Å². The average molecular weight is 461 g/mol. The zero-order valence-electron chi connectivity index (χ0n) is 21.7. The Bertz CT molecular complexity index is 1600. The first-order valence-corrected chi connectivity index (χ1v) is 12.7. The topological polar surface area (TPSA) is 17.0 Å². The first-order valence-electron chi connectivity index (χ1n) is 12.7. The average Bonchev–Trinajstić information content (AvgIpc) is 3.21. The summed E-state index contributed by atoms with van der Waals surface area (Å²) in [5.41, 5.74) is 11.2.